The number of ketones is 1. The number of carbonyl (C=O) groups excluding carboxylic acids is 5. The zero-order valence-corrected chi connectivity index (χ0v) is 34.1. The highest BCUT2D eigenvalue weighted by Gasteiger charge is 2.64. The molecule has 4 aliphatic carbocycles. The van der Waals surface area contributed by atoms with Gasteiger partial charge in [-0.05, 0) is 102 Å². The largest absolute Gasteiger partial charge is 0.346 e. The van der Waals surface area contributed by atoms with Gasteiger partial charge in [0.1, 0.15) is 12.1 Å². The molecule has 0 bridgehead atoms. The van der Waals surface area contributed by atoms with E-state index in [4.69, 9.17) is 4.18 Å². The molecule has 304 valence electrons. The lowest BCUT2D eigenvalue weighted by molar-refractivity contribution is -0.144. The molecule has 1 spiro atoms. The van der Waals surface area contributed by atoms with Gasteiger partial charge in [0.2, 0.25) is 17.6 Å². The van der Waals surface area contributed by atoms with E-state index in [1.807, 2.05) is 27.7 Å². The average molecular weight is 774 g/mol. The van der Waals surface area contributed by atoms with E-state index in [9.17, 15) is 23.4 Å². The molecule has 0 radical (unpaired) electrons. The molecule has 54 heavy (non-hydrogen) atoms. The molecule has 2 saturated heterocycles. The number of hydrogen-bond donors (Lipinski definition) is 4. The monoisotopic (exact) mass is 773 g/mol. The summed E-state index contributed by atoms with van der Waals surface area (Å²) in [6.45, 7) is 12.0. The molecule has 5 atom stereocenters. The third-order valence-electron chi connectivity index (χ3n) is 14.3. The molecular formula is C41H67N5O7S. The number of Topliss-reactive ketones (excluding diaryl/α,β-unsaturated/α-hetero) is 1. The fraction of sp³-hybridized carbons (Fsp3) is 0.829. The number of nitrogens with one attached hydrogen (secondary N) is 4. The number of carbonyl (C=O) groups is 5. The van der Waals surface area contributed by atoms with Crippen LogP contribution in [0.25, 0.3) is 0 Å². The fourth-order valence-corrected chi connectivity index (χ4v) is 13.9. The Hall–Kier alpha value is -2.80. The first kappa shape index (κ1) is 40.9. The van der Waals surface area contributed by atoms with Gasteiger partial charge in [0, 0.05) is 13.1 Å². The first-order chi connectivity index (χ1) is 25.6. The minimum atomic E-state index is -3.45. The van der Waals surface area contributed by atoms with Crippen molar-refractivity contribution >= 4 is 38.9 Å². The smallest absolute Gasteiger partial charge is 0.315 e. The predicted octanol–water partition coefficient (Wildman–Crippen LogP) is 5.02. The van der Waals surface area contributed by atoms with Gasteiger partial charge in [-0.2, -0.15) is 9.35 Å². The molecule has 4 saturated carbocycles. The van der Waals surface area contributed by atoms with Crippen LogP contribution < -0.4 is 21.3 Å². The van der Waals surface area contributed by atoms with E-state index in [0.717, 1.165) is 83.5 Å². The normalized spacial score (nSPS) is 29.4. The number of nitrogens with zero attached hydrogens (tertiary/aromatic N) is 1. The molecule has 6 aliphatic rings. The minimum absolute atomic E-state index is 0.0523. The van der Waals surface area contributed by atoms with E-state index < -0.39 is 61.4 Å². The van der Waals surface area contributed by atoms with Crippen molar-refractivity contribution in [1.29, 1.82) is 0 Å². The van der Waals surface area contributed by atoms with Gasteiger partial charge in [0.25, 0.3) is 5.91 Å². The van der Waals surface area contributed by atoms with Gasteiger partial charge < -0.3 is 26.2 Å². The number of unbranched alkanes of at least 4 members (excludes halogenated alkanes) is 1. The van der Waals surface area contributed by atoms with E-state index >= 15 is 4.79 Å². The van der Waals surface area contributed by atoms with Crippen LogP contribution in [-0.2, 0) is 32.7 Å². The lowest BCUT2D eigenvalue weighted by Gasteiger charge is -2.48. The summed E-state index contributed by atoms with van der Waals surface area (Å²) in [5, 5.41) is 11.9. The molecule has 2 heterocycles. The predicted molar refractivity (Wildman–Crippen MR) is 210 cm³/mol. The zero-order valence-electron chi connectivity index (χ0n) is 33.3. The van der Waals surface area contributed by atoms with Crippen LogP contribution in [0.1, 0.15) is 137 Å². The highest BCUT2D eigenvalue weighted by Crippen LogP contribution is 2.66. The second-order valence-electron chi connectivity index (χ2n) is 18.7. The molecule has 5 amide bonds. The topological polar surface area (TPSA) is 166 Å². The van der Waals surface area contributed by atoms with Crippen LogP contribution in [0.4, 0.5) is 4.79 Å². The maximum atomic E-state index is 15.1. The highest BCUT2D eigenvalue weighted by atomic mass is 32.3. The van der Waals surface area contributed by atoms with Crippen LogP contribution in [0, 0.1) is 23.2 Å². The Bertz CT molecular complexity index is 1530. The summed E-state index contributed by atoms with van der Waals surface area (Å²) < 4.78 is 19.8. The lowest BCUT2D eigenvalue weighted by atomic mass is 9.82. The van der Waals surface area contributed by atoms with E-state index in [2.05, 4.69) is 27.8 Å². The van der Waals surface area contributed by atoms with Crippen LogP contribution in [0.3, 0.4) is 0 Å². The Labute approximate surface area is 322 Å². The minimum Gasteiger partial charge on any atom is -0.346 e. The summed E-state index contributed by atoms with van der Waals surface area (Å²) in [4.78, 5) is 71.6. The number of fused-ring (bicyclic) bond motifs is 2. The standard InChI is InChI=1S/C41H67N5O7S/c1-6-8-17-31(34(47)36(49)42-24-7-2)43-35(48)33-29-18-21-40(22-23-40)30(29)25-46(33)37(50)32(28-15-11-9-12-16-28)44-38(51)45-41(19-13-10-14-20-41)26-54(52,27-53-54)39(3,4)5/h7,28-33H,2,6,8-27H2,1,3-5H3,(H,42,49)(H,43,48)(H2,44,45,51)/t29-,30-,31?,32-,33-/m0/s1. The van der Waals surface area contributed by atoms with Gasteiger partial charge in [-0.25, -0.2) is 9.00 Å². The molecule has 12 nitrogen and oxygen atoms in total. The van der Waals surface area contributed by atoms with Crippen molar-refractivity contribution in [2.75, 3.05) is 24.8 Å². The van der Waals surface area contributed by atoms with E-state index in [-0.39, 0.29) is 47.3 Å². The first-order valence-electron chi connectivity index (χ1n) is 21.0. The zero-order chi connectivity index (χ0) is 39.0. The second kappa shape index (κ2) is 15.6. The van der Waals surface area contributed by atoms with Gasteiger partial charge in [-0.15, -0.1) is 6.58 Å². The fourth-order valence-electron chi connectivity index (χ4n) is 10.5. The van der Waals surface area contributed by atoms with Gasteiger partial charge >= 0.3 is 6.03 Å². The molecule has 0 aromatic heterocycles. The van der Waals surface area contributed by atoms with Crippen LogP contribution in [-0.4, -0.2) is 91.8 Å². The highest BCUT2D eigenvalue weighted by molar-refractivity contribution is 8.21. The number of rotatable bonds is 15. The molecular weight excluding hydrogens is 707 g/mol. The molecule has 13 heteroatoms. The molecule has 0 aromatic carbocycles. The summed E-state index contributed by atoms with van der Waals surface area (Å²) in [5.74, 6) is -1.58. The van der Waals surface area contributed by atoms with Crippen LogP contribution in [0.15, 0.2) is 12.7 Å². The summed E-state index contributed by atoms with van der Waals surface area (Å²) >= 11 is 0. The molecule has 0 aromatic rings. The average Bonchev–Trinajstić information content (AvgIpc) is 4.00. The Morgan fingerprint density at radius 3 is 2.20 bits per heavy atom. The van der Waals surface area contributed by atoms with Crippen molar-refractivity contribution in [2.24, 2.45) is 23.2 Å². The molecule has 4 N–H and O–H groups in total. The van der Waals surface area contributed by atoms with Crippen molar-refractivity contribution in [2.45, 2.75) is 165 Å². The first-order valence-corrected chi connectivity index (χ1v) is 23.2. The van der Waals surface area contributed by atoms with Crippen LogP contribution in [0.5, 0.6) is 0 Å². The quantitative estimate of drug-likeness (QED) is 0.103. The van der Waals surface area contributed by atoms with Gasteiger partial charge in [-0.1, -0.05) is 64.4 Å². The summed E-state index contributed by atoms with van der Waals surface area (Å²) in [6, 6.07) is -3.06. The maximum absolute atomic E-state index is 15.1. The van der Waals surface area contributed by atoms with Crippen molar-refractivity contribution < 1.29 is 32.4 Å². The number of likely N-dealkylation sites (tertiary alicyclic amines) is 1. The number of hydrogen-bond acceptors (Lipinski definition) is 7. The molecule has 1 unspecified atom stereocenters. The second-order valence-corrected chi connectivity index (χ2v) is 23.1. The third-order valence-corrected chi connectivity index (χ3v) is 19.1. The van der Waals surface area contributed by atoms with E-state index in [1.54, 1.807) is 4.90 Å². The lowest BCUT2D eigenvalue weighted by Crippen LogP contribution is -2.64. The van der Waals surface area contributed by atoms with Crippen molar-refractivity contribution in [3.05, 3.63) is 12.7 Å². The Balaban J connectivity index is 1.25. The van der Waals surface area contributed by atoms with E-state index in [0.29, 0.717) is 32.2 Å². The number of amides is 5. The van der Waals surface area contributed by atoms with Gasteiger partial charge in [0.15, 0.2) is 5.94 Å². The molecule has 6 fully saturated rings. The summed E-state index contributed by atoms with van der Waals surface area (Å²) in [7, 11) is -3.45. The van der Waals surface area contributed by atoms with Crippen molar-refractivity contribution in [1.82, 2.24) is 26.2 Å². The van der Waals surface area contributed by atoms with Crippen molar-refractivity contribution in [3.63, 3.8) is 0 Å². The van der Waals surface area contributed by atoms with Gasteiger partial charge in [-0.3, -0.25) is 23.4 Å². The maximum Gasteiger partial charge on any atom is 0.315 e. The Morgan fingerprint density at radius 1 is 0.944 bits per heavy atom. The SMILES string of the molecule is C=CCNC(=O)C(=O)C(CCCC)NC(=O)[C@@H]1[C@H]2CCC3(CC3)[C@H]2CN1C(=O)[C@@H](NC(=O)NC1(CS2(=O)(C(C)(C)C)CO2)CCCCC1)C1CCCCC1. The van der Waals surface area contributed by atoms with Crippen LogP contribution in [0.2, 0.25) is 0 Å². The van der Waals surface area contributed by atoms with Crippen LogP contribution >= 0.6 is 0 Å². The summed E-state index contributed by atoms with van der Waals surface area (Å²) in [6.07, 6.45) is 16.1. The third kappa shape index (κ3) is 8.04. The van der Waals surface area contributed by atoms with E-state index in [1.165, 1.54) is 6.08 Å². The molecule has 6 rings (SSSR count). The Morgan fingerprint density at radius 2 is 1.61 bits per heavy atom. The summed E-state index contributed by atoms with van der Waals surface area (Å²) in [5.41, 5.74) is -0.566. The molecule has 2 aliphatic heterocycles. The van der Waals surface area contributed by atoms with Crippen molar-refractivity contribution in [3.8, 4) is 0 Å². The number of urea groups is 1. The van der Waals surface area contributed by atoms with Gasteiger partial charge in [0.05, 0.1) is 22.1 Å². The Kier molecular flexibility index (Phi) is 11.8.